The summed E-state index contributed by atoms with van der Waals surface area (Å²) in [5.74, 6) is 3.15. The number of aromatic nitrogens is 2. The second-order valence-electron chi connectivity index (χ2n) is 6.76. The van der Waals surface area contributed by atoms with Crippen LogP contribution in [-0.4, -0.2) is 29.0 Å². The Kier molecular flexibility index (Phi) is 5.16. The highest BCUT2D eigenvalue weighted by atomic mass is 35.5. The molecule has 0 fully saturated rings. The fourth-order valence-corrected chi connectivity index (χ4v) is 4.19. The molecule has 0 unspecified atom stereocenters. The standard InChI is InChI=1S/C18H21ClN3OPS/c1-13-11-15(19)14(7-10-24(2,3)4)12-16(13)20-17-21-8-5-6-9-22(21)18(23)25-17/h11-12H,2,5-6,8-9H2,1,3-4H3. The van der Waals surface area contributed by atoms with E-state index < -0.39 is 6.89 Å². The molecule has 2 aromatic rings. The molecule has 1 aliphatic heterocycles. The third-order valence-corrected chi connectivity index (χ3v) is 5.79. The lowest BCUT2D eigenvalue weighted by Crippen LogP contribution is -2.31. The fraction of sp³-hybridized carbons (Fsp3) is 0.389. The van der Waals surface area contributed by atoms with Crippen molar-refractivity contribution in [3.8, 4) is 11.6 Å². The molecule has 1 aromatic heterocycles. The first kappa shape index (κ1) is 18.3. The maximum atomic E-state index is 12.1. The van der Waals surface area contributed by atoms with Crippen LogP contribution in [0.25, 0.3) is 0 Å². The van der Waals surface area contributed by atoms with E-state index >= 15 is 0 Å². The second-order valence-corrected chi connectivity index (χ2v) is 11.7. The van der Waals surface area contributed by atoms with Crippen LogP contribution in [0.1, 0.15) is 24.0 Å². The van der Waals surface area contributed by atoms with Crippen LogP contribution >= 0.6 is 29.8 Å². The molecule has 0 aliphatic carbocycles. The summed E-state index contributed by atoms with van der Waals surface area (Å²) in [6.07, 6.45) is 6.22. The number of fused-ring (bicyclic) bond motifs is 1. The first-order valence-electron chi connectivity index (χ1n) is 8.12. The van der Waals surface area contributed by atoms with Crippen LogP contribution in [0.3, 0.4) is 0 Å². The highest BCUT2D eigenvalue weighted by Gasteiger charge is 2.13. The van der Waals surface area contributed by atoms with Gasteiger partial charge in [-0.1, -0.05) is 29.5 Å². The molecule has 0 amide bonds. The van der Waals surface area contributed by atoms with Crippen LogP contribution in [0.2, 0.25) is 5.02 Å². The summed E-state index contributed by atoms with van der Waals surface area (Å²) in [5, 5.41) is 0.622. The number of hydrogen-bond donors (Lipinski definition) is 0. The Labute approximate surface area is 156 Å². The molecule has 0 spiro atoms. The molecule has 25 heavy (non-hydrogen) atoms. The first-order valence-corrected chi connectivity index (χ1v) is 12.2. The van der Waals surface area contributed by atoms with E-state index in [-0.39, 0.29) is 4.87 Å². The molecule has 0 N–H and O–H groups in total. The maximum Gasteiger partial charge on any atom is 0.325 e. The van der Waals surface area contributed by atoms with E-state index in [1.807, 2.05) is 23.7 Å². The molecule has 0 saturated carbocycles. The van der Waals surface area contributed by atoms with Gasteiger partial charge in [0.25, 0.3) is 0 Å². The fourth-order valence-electron chi connectivity index (χ4n) is 2.61. The molecular weight excluding hydrogens is 373 g/mol. The zero-order valence-electron chi connectivity index (χ0n) is 14.7. The lowest BCUT2D eigenvalue weighted by atomic mass is 10.1. The molecular formula is C18H21ClN3OPS. The Bertz CT molecular complexity index is 1060. The normalized spacial score (nSPS) is 14.8. The summed E-state index contributed by atoms with van der Waals surface area (Å²) < 4.78 is 3.77. The molecule has 0 saturated heterocycles. The Balaban J connectivity index is 2.14. The summed E-state index contributed by atoms with van der Waals surface area (Å²) in [6, 6.07) is 3.79. The van der Waals surface area contributed by atoms with Gasteiger partial charge in [-0.05, 0) is 69.0 Å². The SMILES string of the molecule is C=P(C)(C)C#Cc1cc(N=c2sc(=O)n3n2CCCC3)c(C)cc1Cl. The maximum absolute atomic E-state index is 12.1. The molecule has 7 heteroatoms. The predicted octanol–water partition coefficient (Wildman–Crippen LogP) is 3.72. The van der Waals surface area contributed by atoms with Crippen molar-refractivity contribution in [2.45, 2.75) is 32.9 Å². The number of nitrogens with zero attached hydrogens (tertiary/aromatic N) is 3. The highest BCUT2D eigenvalue weighted by Crippen LogP contribution is 2.34. The van der Waals surface area contributed by atoms with Crippen molar-refractivity contribution in [3.63, 3.8) is 0 Å². The highest BCUT2D eigenvalue weighted by molar-refractivity contribution is 7.77. The van der Waals surface area contributed by atoms with Crippen molar-refractivity contribution < 1.29 is 0 Å². The van der Waals surface area contributed by atoms with Gasteiger partial charge in [0, 0.05) is 18.7 Å². The molecule has 1 aliphatic rings. The third-order valence-electron chi connectivity index (χ3n) is 3.89. The second kappa shape index (κ2) is 7.03. The number of aryl methyl sites for hydroxylation is 1. The van der Waals surface area contributed by atoms with Crippen LogP contribution in [0.5, 0.6) is 0 Å². The summed E-state index contributed by atoms with van der Waals surface area (Å²) in [5.41, 5.74) is 5.74. The molecule has 4 nitrogen and oxygen atoms in total. The largest absolute Gasteiger partial charge is 0.325 e. The molecule has 2 heterocycles. The van der Waals surface area contributed by atoms with E-state index in [4.69, 9.17) is 16.6 Å². The lowest BCUT2D eigenvalue weighted by molar-refractivity contribution is 0.345. The van der Waals surface area contributed by atoms with E-state index in [9.17, 15) is 4.79 Å². The minimum absolute atomic E-state index is 0.0497. The molecule has 0 atom stereocenters. The first-order chi connectivity index (χ1) is 11.7. The van der Waals surface area contributed by atoms with Crippen molar-refractivity contribution in [2.24, 2.45) is 4.99 Å². The average Bonchev–Trinajstić information content (AvgIpc) is 2.85. The molecule has 1 aromatic carbocycles. The van der Waals surface area contributed by atoms with Crippen molar-refractivity contribution in [2.75, 3.05) is 13.3 Å². The Morgan fingerprint density at radius 1 is 1.28 bits per heavy atom. The van der Waals surface area contributed by atoms with E-state index in [2.05, 4.69) is 31.2 Å². The van der Waals surface area contributed by atoms with Crippen LogP contribution in [0, 0.1) is 18.5 Å². The van der Waals surface area contributed by atoms with Gasteiger partial charge in [0.2, 0.25) is 4.80 Å². The van der Waals surface area contributed by atoms with E-state index in [0.717, 1.165) is 47.5 Å². The Morgan fingerprint density at radius 2 is 1.96 bits per heavy atom. The van der Waals surface area contributed by atoms with Gasteiger partial charge in [0.1, 0.15) is 0 Å². The minimum atomic E-state index is -1.45. The van der Waals surface area contributed by atoms with E-state index in [1.54, 1.807) is 4.68 Å². The lowest BCUT2D eigenvalue weighted by Gasteiger charge is -2.15. The molecule has 3 rings (SSSR count). The molecule has 132 valence electrons. The van der Waals surface area contributed by atoms with Crippen LogP contribution < -0.4 is 9.67 Å². The summed E-state index contributed by atoms with van der Waals surface area (Å²) in [7, 11) is 0. The van der Waals surface area contributed by atoms with Crippen molar-refractivity contribution in [1.82, 2.24) is 9.36 Å². The minimum Gasteiger partial charge on any atom is -0.256 e. The van der Waals surface area contributed by atoms with Gasteiger partial charge in [0.05, 0.1) is 10.7 Å². The van der Waals surface area contributed by atoms with Gasteiger partial charge in [-0.15, -0.1) is 0 Å². The van der Waals surface area contributed by atoms with Gasteiger partial charge >= 0.3 is 4.87 Å². The third kappa shape index (κ3) is 4.20. The predicted molar refractivity (Wildman–Crippen MR) is 110 cm³/mol. The number of halogens is 1. The van der Waals surface area contributed by atoms with Crippen LogP contribution in [-0.2, 0) is 13.1 Å². The number of benzene rings is 1. The molecule has 0 bridgehead atoms. The van der Waals surface area contributed by atoms with Crippen molar-refractivity contribution in [3.05, 3.63) is 42.8 Å². The average molecular weight is 394 g/mol. The van der Waals surface area contributed by atoms with Gasteiger partial charge in [-0.2, -0.15) is 0 Å². The smallest absolute Gasteiger partial charge is 0.256 e. The summed E-state index contributed by atoms with van der Waals surface area (Å²) in [6.45, 7) is 6.24. The Hall–Kier alpha value is -1.47. The van der Waals surface area contributed by atoms with Gasteiger partial charge in [-0.25, -0.2) is 9.67 Å². The summed E-state index contributed by atoms with van der Waals surface area (Å²) in [4.78, 5) is 17.7. The van der Waals surface area contributed by atoms with Crippen molar-refractivity contribution >= 4 is 41.8 Å². The van der Waals surface area contributed by atoms with Gasteiger partial charge in [0.15, 0.2) is 0 Å². The number of hydrogen-bond acceptors (Lipinski definition) is 3. The van der Waals surface area contributed by atoms with Crippen molar-refractivity contribution in [1.29, 1.82) is 0 Å². The van der Waals surface area contributed by atoms with Crippen LogP contribution in [0.4, 0.5) is 5.69 Å². The zero-order chi connectivity index (χ0) is 18.2. The van der Waals surface area contributed by atoms with Crippen LogP contribution in [0.15, 0.2) is 21.9 Å². The molecule has 0 radical (unpaired) electrons. The zero-order valence-corrected chi connectivity index (χ0v) is 17.1. The van der Waals surface area contributed by atoms with Gasteiger partial charge in [-0.3, -0.25) is 9.48 Å². The topological polar surface area (TPSA) is 39.3 Å². The monoisotopic (exact) mass is 393 g/mol. The Morgan fingerprint density at radius 3 is 2.64 bits per heavy atom. The van der Waals surface area contributed by atoms with Gasteiger partial charge < -0.3 is 0 Å². The van der Waals surface area contributed by atoms with E-state index in [1.165, 1.54) is 11.3 Å². The van der Waals surface area contributed by atoms with E-state index in [0.29, 0.717) is 5.02 Å². The number of rotatable bonds is 1. The quantitative estimate of drug-likeness (QED) is 0.537. The summed E-state index contributed by atoms with van der Waals surface area (Å²) >= 11 is 7.54.